The molecule has 44 heavy (non-hydrogen) atoms. The van der Waals surface area contributed by atoms with Crippen LogP contribution in [0.3, 0.4) is 0 Å². The van der Waals surface area contributed by atoms with Crippen LogP contribution in [0.1, 0.15) is 37.8 Å². The summed E-state index contributed by atoms with van der Waals surface area (Å²) in [7, 11) is -3.84. The Bertz CT molecular complexity index is 1440. The third kappa shape index (κ3) is 13.0. The number of aryl methyl sites for hydroxylation is 1. The number of aromatic nitrogens is 2. The van der Waals surface area contributed by atoms with Crippen LogP contribution in [0.2, 0.25) is 0 Å². The van der Waals surface area contributed by atoms with Crippen molar-refractivity contribution in [3.8, 4) is 16.9 Å². The van der Waals surface area contributed by atoms with Crippen LogP contribution in [-0.2, 0) is 73.7 Å². The van der Waals surface area contributed by atoms with Crippen LogP contribution in [0.15, 0.2) is 59.5 Å². The Morgan fingerprint density at radius 2 is 1.64 bits per heavy atom. The zero-order chi connectivity index (χ0) is 32.5. The Morgan fingerprint density at radius 1 is 0.955 bits per heavy atom. The van der Waals surface area contributed by atoms with Crippen molar-refractivity contribution in [2.45, 2.75) is 43.4 Å². The number of carbonyl (C=O) groups excluding carboxylic acids is 2. The van der Waals surface area contributed by atoms with Gasteiger partial charge in [0.1, 0.15) is 11.6 Å². The van der Waals surface area contributed by atoms with Crippen LogP contribution in [0, 0.1) is 5.82 Å². The number of hydrogen-bond acceptors (Lipinski definition) is 9. The quantitative estimate of drug-likeness (QED) is 0.153. The second-order valence-electron chi connectivity index (χ2n) is 9.79. The van der Waals surface area contributed by atoms with Crippen molar-refractivity contribution < 1.29 is 44.8 Å². The van der Waals surface area contributed by atoms with Gasteiger partial charge in [-0.15, -0.1) is 0 Å². The molecule has 0 spiro atoms. The average Bonchev–Trinajstić information content (AvgIpc) is 3.44. The van der Waals surface area contributed by atoms with Gasteiger partial charge in [-0.05, 0) is 86.9 Å². The summed E-state index contributed by atoms with van der Waals surface area (Å²) in [6.45, 7) is 1.97. The topological polar surface area (TPSA) is 147 Å². The van der Waals surface area contributed by atoms with Crippen LogP contribution >= 0.6 is 0 Å². The van der Waals surface area contributed by atoms with Gasteiger partial charge in [0.25, 0.3) is 0 Å². The number of amides is 1. The summed E-state index contributed by atoms with van der Waals surface area (Å²) >= 11 is 10.8. The van der Waals surface area contributed by atoms with E-state index < -0.39 is 10.0 Å². The average molecular weight is 747 g/mol. The number of carbonyl (C=O) groups is 2. The van der Waals surface area contributed by atoms with E-state index in [2.05, 4.69) is 10.4 Å². The van der Waals surface area contributed by atoms with E-state index in [0.29, 0.717) is 60.9 Å². The van der Waals surface area contributed by atoms with Crippen molar-refractivity contribution in [1.82, 2.24) is 14.7 Å². The van der Waals surface area contributed by atoms with E-state index in [1.807, 2.05) is 11.0 Å². The van der Waals surface area contributed by atoms with E-state index in [4.69, 9.17) is 33.9 Å². The number of sulfonamides is 1. The number of hydrogen-bond donors (Lipinski definition) is 1. The maximum atomic E-state index is 13.6. The number of primary sulfonamides is 1. The standard InChI is InChI=1S/C29H38FN5O4S3.O.Tc/c30-23-7-5-22(6-8-23)28-20-24(33-35(28)25-10-13-27(14-11-25)42(31,38)39)9-12-26(36)4-2-1-3-16-34(17-19-41)21-29(37)32-15-18-40;;/h5-8,10-11,13-14,20H,1-4,9,12,15-19,21H2,(H5,31,32,37,38,39,40,41);;/q;;+4/p-3. The molecule has 2 aromatic carbocycles. The van der Waals surface area contributed by atoms with Crippen molar-refractivity contribution >= 4 is 47.0 Å². The fourth-order valence-corrected chi connectivity index (χ4v) is 5.25. The second-order valence-corrected chi connectivity index (χ2v) is 12.2. The first kappa shape index (κ1) is 37.9. The molecule has 1 heterocycles. The molecule has 0 aliphatic heterocycles. The monoisotopic (exact) mass is 745 g/mol. The van der Waals surface area contributed by atoms with E-state index in [0.717, 1.165) is 50.2 Å². The van der Waals surface area contributed by atoms with Gasteiger partial charge in [0, 0.05) is 24.9 Å². The second kappa shape index (κ2) is 20.0. The summed E-state index contributed by atoms with van der Waals surface area (Å²) in [5, 5.41) is 13.8. The summed E-state index contributed by atoms with van der Waals surface area (Å²) in [6, 6.07) is 13.8. The molecule has 0 radical (unpaired) electrons. The number of rotatable bonds is 18. The number of nitrogens with two attached hydrogens (primary N) is 1. The van der Waals surface area contributed by atoms with Crippen molar-refractivity contribution in [1.29, 1.82) is 0 Å². The minimum atomic E-state index is -3.84. The van der Waals surface area contributed by atoms with Crippen molar-refractivity contribution in [3.63, 3.8) is 0 Å². The van der Waals surface area contributed by atoms with E-state index in [1.54, 1.807) is 28.9 Å². The molecule has 0 saturated carbocycles. The van der Waals surface area contributed by atoms with E-state index in [9.17, 15) is 22.4 Å². The van der Waals surface area contributed by atoms with Gasteiger partial charge >= 0.3 is 22.4 Å². The Hall–Kier alpha value is -2.26. The van der Waals surface area contributed by atoms with Crippen LogP contribution < -0.4 is 5.14 Å². The van der Waals surface area contributed by atoms with E-state index in [-0.39, 0.29) is 28.9 Å². The van der Waals surface area contributed by atoms with Gasteiger partial charge in [-0.1, -0.05) is 6.42 Å². The molecule has 3 rings (SSSR count). The molecule has 0 aliphatic carbocycles. The molecular weight excluding hydrogens is 712 g/mol. The molecule has 0 atom stereocenters. The number of ketones is 1. The van der Waals surface area contributed by atoms with Crippen LogP contribution in [-0.4, -0.2) is 72.5 Å². The molecule has 0 unspecified atom stereocenters. The van der Waals surface area contributed by atoms with Crippen LogP contribution in [0.25, 0.3) is 22.3 Å². The zero-order valence-electron chi connectivity index (χ0n) is 24.1. The summed E-state index contributed by atoms with van der Waals surface area (Å²) in [5.74, 6) is 0.546. The molecule has 3 aromatic rings. The maximum absolute atomic E-state index is 13.6. The first-order valence-electron chi connectivity index (χ1n) is 13.8. The summed E-state index contributed by atoms with van der Waals surface area (Å²) in [6.07, 6.45) is 3.67. The normalized spacial score (nSPS) is 11.2. The fraction of sp³-hybridized carbons (Fsp3) is 0.414. The first-order chi connectivity index (χ1) is 21.1. The SMILES string of the molecule is NS(=O)(=O)c1ccc(-n2nc(CCC(=O)CCCCCN(CC[S-])CC(=O)[N-]CC[S-])cc2-c2ccc(F)cc2)cc1.[O]=[Tc+4]. The molecular formula is C29H35FN5O5S3Tc+. The summed E-state index contributed by atoms with van der Waals surface area (Å²) < 4.78 is 46.7. The van der Waals surface area contributed by atoms with Crippen molar-refractivity contribution in [2.24, 2.45) is 5.14 Å². The first-order valence-corrected chi connectivity index (χ1v) is 17.3. The van der Waals surface area contributed by atoms with Gasteiger partial charge in [-0.2, -0.15) is 23.1 Å². The Kier molecular flexibility index (Phi) is 17.2. The number of halogens is 1. The molecule has 10 nitrogen and oxygen atoms in total. The predicted octanol–water partition coefficient (Wildman–Crippen LogP) is 3.56. The predicted molar refractivity (Wildman–Crippen MR) is 167 cm³/mol. The molecule has 1 amide bonds. The number of unbranched alkanes of at least 4 members (excludes halogenated alkanes) is 2. The number of Topliss-reactive ketones (excluding diaryl/α,β-unsaturated/α-hetero) is 1. The molecule has 0 saturated heterocycles. The van der Waals surface area contributed by atoms with Gasteiger partial charge in [-0.25, -0.2) is 22.6 Å². The number of nitrogens with zero attached hydrogens (tertiary/aromatic N) is 4. The van der Waals surface area contributed by atoms with E-state index >= 15 is 0 Å². The Morgan fingerprint density at radius 3 is 2.25 bits per heavy atom. The number of benzene rings is 2. The van der Waals surface area contributed by atoms with Gasteiger partial charge in [-0.3, -0.25) is 9.69 Å². The third-order valence-corrected chi connectivity index (χ3v) is 7.84. The third-order valence-electron chi connectivity index (χ3n) is 6.55. The molecule has 15 heteroatoms. The Labute approximate surface area is 279 Å². The van der Waals surface area contributed by atoms with E-state index in [1.165, 1.54) is 24.3 Å². The van der Waals surface area contributed by atoms with Crippen molar-refractivity contribution in [2.75, 3.05) is 37.7 Å². The van der Waals surface area contributed by atoms with Crippen LogP contribution in [0.5, 0.6) is 0 Å². The fourth-order valence-electron chi connectivity index (χ4n) is 4.39. The van der Waals surface area contributed by atoms with Gasteiger partial charge in [0.2, 0.25) is 10.0 Å². The molecule has 0 fully saturated rings. The summed E-state index contributed by atoms with van der Waals surface area (Å²) in [4.78, 5) is 26.5. The Balaban J connectivity index is 0.00000330. The molecule has 0 aliphatic rings. The van der Waals surface area contributed by atoms with Crippen LogP contribution in [0.4, 0.5) is 4.39 Å². The molecule has 237 valence electrons. The van der Waals surface area contributed by atoms with Gasteiger partial charge < -0.3 is 35.4 Å². The molecule has 2 N–H and O–H groups in total. The van der Waals surface area contributed by atoms with Gasteiger partial charge in [0.05, 0.1) is 27.9 Å². The van der Waals surface area contributed by atoms with Gasteiger partial charge in [0.15, 0.2) is 0 Å². The van der Waals surface area contributed by atoms with Crippen molar-refractivity contribution in [3.05, 3.63) is 71.4 Å². The zero-order valence-corrected chi connectivity index (χ0v) is 28.4. The minimum absolute atomic E-state index is 0.0205. The molecule has 1 aromatic heterocycles. The molecule has 0 bridgehead atoms. The summed E-state index contributed by atoms with van der Waals surface area (Å²) in [5.41, 5.74) is 2.68.